The molecule has 0 aromatic heterocycles. The number of nitrogens with one attached hydrogen (secondary N) is 1. The van der Waals surface area contributed by atoms with Crippen molar-refractivity contribution >= 4 is 46.2 Å². The van der Waals surface area contributed by atoms with Gasteiger partial charge in [-0.05, 0) is 60.2 Å². The van der Waals surface area contributed by atoms with Crippen LogP contribution in [-0.2, 0) is 4.79 Å². The van der Waals surface area contributed by atoms with Crippen LogP contribution in [0.25, 0.3) is 6.08 Å². The van der Waals surface area contributed by atoms with E-state index in [1.165, 1.54) is 11.8 Å². The van der Waals surface area contributed by atoms with Crippen LogP contribution in [0.15, 0.2) is 52.4 Å². The molecule has 1 aliphatic rings. The van der Waals surface area contributed by atoms with Crippen LogP contribution < -0.4 is 10.1 Å². The summed E-state index contributed by atoms with van der Waals surface area (Å²) >= 11 is 7.41. The Bertz CT molecular complexity index is 862. The summed E-state index contributed by atoms with van der Waals surface area (Å²) < 4.78 is 5.20. The molecule has 1 N–H and O–H groups in total. The van der Waals surface area contributed by atoms with Crippen molar-refractivity contribution in [3.05, 3.63) is 63.5 Å². The highest BCUT2D eigenvalue weighted by molar-refractivity contribution is 8.18. The Balaban J connectivity index is 1.86. The quantitative estimate of drug-likeness (QED) is 0.819. The number of hydrogen-bond acceptors (Lipinski definition) is 4. The second kappa shape index (κ2) is 7.11. The number of ether oxygens (including phenoxy) is 1. The largest absolute Gasteiger partial charge is 0.497 e. The average Bonchev–Trinajstić information content (AvgIpc) is 2.91. The van der Waals surface area contributed by atoms with Crippen molar-refractivity contribution < 1.29 is 9.53 Å². The number of carbonyl (C=O) groups is 1. The molecule has 0 bridgehead atoms. The molecule has 1 saturated heterocycles. The number of nitrogens with zero attached hydrogens (tertiary/aromatic N) is 1. The van der Waals surface area contributed by atoms with Gasteiger partial charge in [0, 0.05) is 5.02 Å². The van der Waals surface area contributed by atoms with Gasteiger partial charge < -0.3 is 10.1 Å². The lowest BCUT2D eigenvalue weighted by atomic mass is 10.2. The van der Waals surface area contributed by atoms with Gasteiger partial charge in [0.25, 0.3) is 5.91 Å². The molecule has 1 aliphatic heterocycles. The van der Waals surface area contributed by atoms with E-state index in [4.69, 9.17) is 16.3 Å². The SMILES string of the molecule is COc1cccc(/C=C2\SC(=Nc3cccc(Cl)c3C)NC2=O)c1. The van der Waals surface area contributed by atoms with Crippen molar-refractivity contribution in [1.29, 1.82) is 0 Å². The van der Waals surface area contributed by atoms with E-state index < -0.39 is 0 Å². The fourth-order valence-electron chi connectivity index (χ4n) is 2.19. The summed E-state index contributed by atoms with van der Waals surface area (Å²) in [6, 6.07) is 13.0. The van der Waals surface area contributed by atoms with Crippen LogP contribution in [0.3, 0.4) is 0 Å². The fraction of sp³-hybridized carbons (Fsp3) is 0.111. The number of amidine groups is 1. The van der Waals surface area contributed by atoms with E-state index in [0.717, 1.165) is 22.6 Å². The number of aliphatic imine (C=N–C) groups is 1. The maximum absolute atomic E-state index is 12.1. The van der Waals surface area contributed by atoms with Gasteiger partial charge in [-0.3, -0.25) is 4.79 Å². The van der Waals surface area contributed by atoms with E-state index >= 15 is 0 Å². The summed E-state index contributed by atoms with van der Waals surface area (Å²) in [5.41, 5.74) is 2.52. The van der Waals surface area contributed by atoms with E-state index in [1.54, 1.807) is 7.11 Å². The number of thioether (sulfide) groups is 1. The first-order chi connectivity index (χ1) is 11.6. The molecule has 2 aromatic carbocycles. The van der Waals surface area contributed by atoms with Crippen LogP contribution in [0.2, 0.25) is 5.02 Å². The minimum Gasteiger partial charge on any atom is -0.497 e. The van der Waals surface area contributed by atoms with Gasteiger partial charge in [-0.1, -0.05) is 29.8 Å². The van der Waals surface area contributed by atoms with E-state index in [2.05, 4.69) is 10.3 Å². The standard InChI is InChI=1S/C18H15ClN2O2S/c1-11-14(19)7-4-8-15(11)20-18-21-17(22)16(24-18)10-12-5-3-6-13(9-12)23-2/h3-10H,1-2H3,(H,20,21,22)/b16-10-. The monoisotopic (exact) mass is 358 g/mol. The summed E-state index contributed by atoms with van der Waals surface area (Å²) in [6.07, 6.45) is 1.82. The van der Waals surface area contributed by atoms with Gasteiger partial charge in [-0.15, -0.1) is 0 Å². The number of halogens is 1. The van der Waals surface area contributed by atoms with E-state index in [-0.39, 0.29) is 5.91 Å². The van der Waals surface area contributed by atoms with Crippen LogP contribution >= 0.6 is 23.4 Å². The Morgan fingerprint density at radius 1 is 1.25 bits per heavy atom. The number of hydrogen-bond donors (Lipinski definition) is 1. The number of carbonyl (C=O) groups excluding carboxylic acids is 1. The summed E-state index contributed by atoms with van der Waals surface area (Å²) in [5, 5.41) is 3.97. The molecule has 1 fully saturated rings. The second-order valence-electron chi connectivity index (χ2n) is 5.14. The first kappa shape index (κ1) is 16.6. The molecule has 1 amide bonds. The first-order valence-corrected chi connectivity index (χ1v) is 8.45. The molecule has 3 rings (SSSR count). The van der Waals surface area contributed by atoms with Gasteiger partial charge >= 0.3 is 0 Å². The van der Waals surface area contributed by atoms with Crippen LogP contribution in [0.1, 0.15) is 11.1 Å². The normalized spacial score (nSPS) is 17.4. The van der Waals surface area contributed by atoms with E-state index in [9.17, 15) is 4.79 Å². The lowest BCUT2D eigenvalue weighted by Crippen LogP contribution is -2.19. The molecule has 1 heterocycles. The van der Waals surface area contributed by atoms with Gasteiger partial charge in [0.05, 0.1) is 17.7 Å². The lowest BCUT2D eigenvalue weighted by Gasteiger charge is -2.02. The predicted molar refractivity (Wildman–Crippen MR) is 100.0 cm³/mol. The molecule has 122 valence electrons. The van der Waals surface area contributed by atoms with Crippen LogP contribution in [0, 0.1) is 6.92 Å². The van der Waals surface area contributed by atoms with Crippen LogP contribution in [-0.4, -0.2) is 18.2 Å². The molecule has 4 nitrogen and oxygen atoms in total. The minimum atomic E-state index is -0.166. The van der Waals surface area contributed by atoms with Gasteiger partial charge in [-0.25, -0.2) is 4.99 Å². The smallest absolute Gasteiger partial charge is 0.264 e. The zero-order chi connectivity index (χ0) is 17.1. The third-order valence-electron chi connectivity index (χ3n) is 3.50. The van der Waals surface area contributed by atoms with Crippen molar-refractivity contribution in [2.45, 2.75) is 6.92 Å². The van der Waals surface area contributed by atoms with Crippen molar-refractivity contribution in [3.8, 4) is 5.75 Å². The maximum atomic E-state index is 12.1. The van der Waals surface area contributed by atoms with Crippen LogP contribution in [0.5, 0.6) is 5.75 Å². The summed E-state index contributed by atoms with van der Waals surface area (Å²) in [6.45, 7) is 1.90. The van der Waals surface area contributed by atoms with Crippen molar-refractivity contribution in [2.24, 2.45) is 4.99 Å². The summed E-state index contributed by atoms with van der Waals surface area (Å²) in [5.74, 6) is 0.581. The average molecular weight is 359 g/mol. The van der Waals surface area contributed by atoms with Gasteiger partial charge in [0.2, 0.25) is 0 Å². The third-order valence-corrected chi connectivity index (χ3v) is 4.82. The zero-order valence-corrected chi connectivity index (χ0v) is 14.7. The van der Waals surface area contributed by atoms with Gasteiger partial charge in [0.1, 0.15) is 5.75 Å². The molecule has 0 radical (unpaired) electrons. The van der Waals surface area contributed by atoms with Crippen molar-refractivity contribution in [3.63, 3.8) is 0 Å². The number of rotatable bonds is 3. The highest BCUT2D eigenvalue weighted by Crippen LogP contribution is 2.31. The van der Waals surface area contributed by atoms with Gasteiger partial charge in [-0.2, -0.15) is 0 Å². The Kier molecular flexibility index (Phi) is 4.92. The van der Waals surface area contributed by atoms with Crippen molar-refractivity contribution in [2.75, 3.05) is 7.11 Å². The maximum Gasteiger partial charge on any atom is 0.264 e. The third kappa shape index (κ3) is 3.63. The molecule has 0 unspecified atom stereocenters. The van der Waals surface area contributed by atoms with E-state index in [0.29, 0.717) is 15.1 Å². The Labute approximate surface area is 149 Å². The Hall–Kier alpha value is -2.24. The summed E-state index contributed by atoms with van der Waals surface area (Å²) in [7, 11) is 1.61. The number of benzene rings is 2. The number of methoxy groups -OCH3 is 1. The Morgan fingerprint density at radius 3 is 2.83 bits per heavy atom. The van der Waals surface area contributed by atoms with Crippen molar-refractivity contribution in [1.82, 2.24) is 5.32 Å². The predicted octanol–water partition coefficient (Wildman–Crippen LogP) is 4.55. The molecule has 0 aliphatic carbocycles. The molecular formula is C18H15ClN2O2S. The highest BCUT2D eigenvalue weighted by Gasteiger charge is 2.24. The lowest BCUT2D eigenvalue weighted by molar-refractivity contribution is -0.115. The first-order valence-electron chi connectivity index (χ1n) is 7.25. The second-order valence-corrected chi connectivity index (χ2v) is 6.58. The molecule has 0 saturated carbocycles. The highest BCUT2D eigenvalue weighted by atomic mass is 35.5. The topological polar surface area (TPSA) is 50.7 Å². The molecule has 24 heavy (non-hydrogen) atoms. The van der Waals surface area contributed by atoms with Crippen LogP contribution in [0.4, 0.5) is 5.69 Å². The fourth-order valence-corrected chi connectivity index (χ4v) is 3.19. The number of amides is 1. The summed E-state index contributed by atoms with van der Waals surface area (Å²) in [4.78, 5) is 17.2. The molecule has 6 heteroatoms. The molecule has 0 spiro atoms. The molecule has 0 atom stereocenters. The van der Waals surface area contributed by atoms with Gasteiger partial charge in [0.15, 0.2) is 5.17 Å². The van der Waals surface area contributed by atoms with E-state index in [1.807, 2.05) is 55.5 Å². The minimum absolute atomic E-state index is 0.166. The molecular weight excluding hydrogens is 344 g/mol. The Morgan fingerprint density at radius 2 is 2.04 bits per heavy atom. The zero-order valence-electron chi connectivity index (χ0n) is 13.2. The molecule has 2 aromatic rings.